The van der Waals surface area contributed by atoms with E-state index < -0.39 is 35.4 Å². The number of thiazole rings is 1. The van der Waals surface area contributed by atoms with Gasteiger partial charge in [0.15, 0.2) is 17.5 Å². The van der Waals surface area contributed by atoms with E-state index >= 15 is 0 Å². The van der Waals surface area contributed by atoms with Gasteiger partial charge < -0.3 is 41.3 Å². The predicted octanol–water partition coefficient (Wildman–Crippen LogP) is 3.96. The molecule has 2 saturated heterocycles. The lowest BCUT2D eigenvalue weighted by atomic mass is 9.85. The van der Waals surface area contributed by atoms with Crippen LogP contribution in [0.4, 0.5) is 17.5 Å². The fraction of sp³-hybridized carbons (Fsp3) is 0.381. The number of nitrogens with one attached hydrogen (secondary N) is 2. The van der Waals surface area contributed by atoms with Crippen LogP contribution in [0.2, 0.25) is 0 Å². The number of aliphatic hydroxyl groups is 1. The molecule has 2 aliphatic heterocycles. The molecule has 0 radical (unpaired) electrons. The molecule has 5 aromatic rings. The number of nitrogen functional groups attached to an aromatic ring is 1. The topological polar surface area (TPSA) is 216 Å². The molecular weight excluding hydrogens is 771 g/mol. The molecular formula is C42H49N11O5S. The molecule has 17 heteroatoms. The SMILES string of the molecule is Cc1ncsc1-c1ccc([C@H](C)NC(=O)[C@@H]2C[C@@H](O)CN2C(=O)[C@@H](NC(=O)c2ccnc(N3CCN(c4nc(-c5ccccc5O)nnc4N)CC3)c2)C(C)(C)C)cc1. The number of rotatable bonds is 10. The third kappa shape index (κ3) is 8.95. The molecule has 2 aliphatic rings. The Morgan fingerprint density at radius 2 is 1.66 bits per heavy atom. The van der Waals surface area contributed by atoms with Crippen molar-refractivity contribution >= 4 is 46.5 Å². The Hall–Kier alpha value is -6.20. The number of para-hydroxylation sites is 1. The summed E-state index contributed by atoms with van der Waals surface area (Å²) in [7, 11) is 0. The van der Waals surface area contributed by atoms with Crippen molar-refractivity contribution in [1.82, 2.24) is 40.7 Å². The zero-order chi connectivity index (χ0) is 42.0. The zero-order valence-electron chi connectivity index (χ0n) is 33.7. The molecule has 7 rings (SSSR count). The van der Waals surface area contributed by atoms with Crippen LogP contribution in [0.25, 0.3) is 21.8 Å². The normalized spacial score (nSPS) is 18.0. The van der Waals surface area contributed by atoms with E-state index in [1.165, 1.54) is 4.90 Å². The molecule has 16 nitrogen and oxygen atoms in total. The first-order valence-corrected chi connectivity index (χ1v) is 20.4. The van der Waals surface area contributed by atoms with E-state index in [1.807, 2.05) is 74.2 Å². The van der Waals surface area contributed by atoms with Crippen LogP contribution in [0, 0.1) is 12.3 Å². The van der Waals surface area contributed by atoms with Crippen LogP contribution >= 0.6 is 11.3 Å². The fourth-order valence-corrected chi connectivity index (χ4v) is 8.26. The van der Waals surface area contributed by atoms with Gasteiger partial charge in [0.25, 0.3) is 5.91 Å². The predicted molar refractivity (Wildman–Crippen MR) is 226 cm³/mol. The Balaban J connectivity index is 0.996. The van der Waals surface area contributed by atoms with E-state index in [1.54, 1.807) is 53.9 Å². The van der Waals surface area contributed by atoms with Gasteiger partial charge in [0.2, 0.25) is 11.8 Å². The van der Waals surface area contributed by atoms with Gasteiger partial charge in [-0.05, 0) is 54.7 Å². The Labute approximate surface area is 346 Å². The van der Waals surface area contributed by atoms with Crippen LogP contribution in [0.5, 0.6) is 5.75 Å². The summed E-state index contributed by atoms with van der Waals surface area (Å²) in [5.74, 6) is 0.222. The van der Waals surface area contributed by atoms with E-state index in [0.717, 1.165) is 21.7 Å². The smallest absolute Gasteiger partial charge is 0.252 e. The number of phenolic OH excluding ortho intramolecular Hbond substituents is 1. The first-order chi connectivity index (χ1) is 28.2. The zero-order valence-corrected chi connectivity index (χ0v) is 34.5. The minimum absolute atomic E-state index is 0.0329. The summed E-state index contributed by atoms with van der Waals surface area (Å²) in [6, 6.07) is 15.7. The van der Waals surface area contributed by atoms with Crippen LogP contribution in [-0.4, -0.2) is 109 Å². The number of phenols is 1. The highest BCUT2D eigenvalue weighted by Gasteiger charge is 2.45. The maximum absolute atomic E-state index is 14.3. The molecule has 6 N–H and O–H groups in total. The highest BCUT2D eigenvalue weighted by Crippen LogP contribution is 2.31. The highest BCUT2D eigenvalue weighted by atomic mass is 32.1. The molecule has 4 atom stereocenters. The number of amides is 3. The second-order valence-electron chi connectivity index (χ2n) is 16.0. The van der Waals surface area contributed by atoms with E-state index in [4.69, 9.17) is 5.73 Å². The standard InChI is InChI=1S/C42H49N11O5S/c1-24(26-10-12-27(13-11-26)34-25(2)45-23-59-34)46-40(57)31-21-29(54)22-53(31)41(58)35(42(3,4)5)47-39(56)28-14-15-44-33(20-28)51-16-18-52(19-17-51)38-36(43)49-50-37(48-38)30-8-6-7-9-32(30)55/h6-15,20,23-24,29,31,35,54-55H,16-19,21-22H2,1-5H3,(H2,43,49)(H,46,57)(H,47,56)/t24-,29+,31-,35+/m0/s1. The summed E-state index contributed by atoms with van der Waals surface area (Å²) in [6.07, 6.45) is 0.743. The number of nitrogens with two attached hydrogens (primary N) is 1. The number of benzene rings is 2. The molecule has 0 saturated carbocycles. The van der Waals surface area contributed by atoms with Crippen LogP contribution in [0.15, 0.2) is 72.4 Å². The number of carbonyl (C=O) groups is 3. The third-order valence-corrected chi connectivity index (χ3v) is 11.8. The monoisotopic (exact) mass is 819 g/mol. The summed E-state index contributed by atoms with van der Waals surface area (Å²) in [5, 5.41) is 35.2. The van der Waals surface area contributed by atoms with Crippen molar-refractivity contribution < 1.29 is 24.6 Å². The average molecular weight is 820 g/mol. The Kier molecular flexibility index (Phi) is 11.8. The first kappa shape index (κ1) is 41.0. The number of piperazine rings is 1. The second kappa shape index (κ2) is 17.0. The largest absolute Gasteiger partial charge is 0.507 e. The van der Waals surface area contributed by atoms with E-state index in [-0.39, 0.29) is 42.3 Å². The second-order valence-corrected chi connectivity index (χ2v) is 16.9. The van der Waals surface area contributed by atoms with E-state index in [0.29, 0.717) is 48.9 Å². The van der Waals surface area contributed by atoms with Crippen LogP contribution < -0.4 is 26.2 Å². The lowest BCUT2D eigenvalue weighted by molar-refractivity contribution is -0.142. The molecule has 0 spiro atoms. The van der Waals surface area contributed by atoms with Gasteiger partial charge in [-0.3, -0.25) is 14.4 Å². The van der Waals surface area contributed by atoms with E-state index in [9.17, 15) is 24.6 Å². The molecule has 0 bridgehead atoms. The number of hydrogen-bond acceptors (Lipinski definition) is 14. The molecule has 3 amide bonds. The summed E-state index contributed by atoms with van der Waals surface area (Å²) in [4.78, 5) is 61.9. The van der Waals surface area contributed by atoms with Crippen molar-refractivity contribution in [2.24, 2.45) is 5.41 Å². The number of aromatic hydroxyl groups is 1. The summed E-state index contributed by atoms with van der Waals surface area (Å²) >= 11 is 1.57. The lowest BCUT2D eigenvalue weighted by Crippen LogP contribution is -2.57. The van der Waals surface area contributed by atoms with Crippen molar-refractivity contribution in [2.75, 3.05) is 48.3 Å². The molecule has 2 aromatic carbocycles. The number of hydrogen-bond donors (Lipinski definition) is 5. The summed E-state index contributed by atoms with van der Waals surface area (Å²) in [5.41, 5.74) is 10.9. The van der Waals surface area contributed by atoms with Gasteiger partial charge in [-0.15, -0.1) is 21.5 Å². The van der Waals surface area contributed by atoms with Crippen molar-refractivity contribution in [3.8, 4) is 27.6 Å². The minimum Gasteiger partial charge on any atom is -0.507 e. The van der Waals surface area contributed by atoms with Crippen molar-refractivity contribution in [2.45, 2.75) is 65.3 Å². The first-order valence-electron chi connectivity index (χ1n) is 19.5. The Morgan fingerprint density at radius 1 is 0.949 bits per heavy atom. The van der Waals surface area contributed by atoms with Gasteiger partial charge in [0, 0.05) is 50.9 Å². The number of aliphatic hydroxyl groups excluding tert-OH is 1. The van der Waals surface area contributed by atoms with Crippen LogP contribution in [0.1, 0.15) is 61.8 Å². The Bertz CT molecular complexity index is 2320. The number of anilines is 3. The minimum atomic E-state index is -1.01. The number of likely N-dealkylation sites (tertiary alicyclic amines) is 1. The van der Waals surface area contributed by atoms with Gasteiger partial charge in [0.1, 0.15) is 23.7 Å². The molecule has 0 unspecified atom stereocenters. The van der Waals surface area contributed by atoms with Crippen molar-refractivity contribution in [1.29, 1.82) is 0 Å². The van der Waals surface area contributed by atoms with E-state index in [2.05, 4.69) is 35.8 Å². The molecule has 308 valence electrons. The number of β-amino-alcohol motifs (C(OH)–C–C–N with tert-alkyl or cyclic N) is 1. The van der Waals surface area contributed by atoms with Crippen LogP contribution in [-0.2, 0) is 9.59 Å². The van der Waals surface area contributed by atoms with Gasteiger partial charge >= 0.3 is 0 Å². The maximum Gasteiger partial charge on any atom is 0.252 e. The number of nitrogens with zero attached hydrogens (tertiary/aromatic N) is 8. The number of carbonyl (C=O) groups excluding carboxylic acids is 3. The quantitative estimate of drug-likeness (QED) is 0.135. The van der Waals surface area contributed by atoms with Gasteiger partial charge in [-0.25, -0.2) is 15.0 Å². The molecule has 59 heavy (non-hydrogen) atoms. The van der Waals surface area contributed by atoms with Gasteiger partial charge in [0.05, 0.1) is 33.8 Å². The molecule has 2 fully saturated rings. The Morgan fingerprint density at radius 3 is 2.34 bits per heavy atom. The van der Waals surface area contributed by atoms with Gasteiger partial charge in [-0.2, -0.15) is 0 Å². The third-order valence-electron chi connectivity index (χ3n) is 10.8. The van der Waals surface area contributed by atoms with Crippen molar-refractivity contribution in [3.05, 3.63) is 89.2 Å². The van der Waals surface area contributed by atoms with Gasteiger partial charge in [-0.1, -0.05) is 57.2 Å². The average Bonchev–Trinajstić information content (AvgIpc) is 3.85. The lowest BCUT2D eigenvalue weighted by Gasteiger charge is -2.36. The summed E-state index contributed by atoms with van der Waals surface area (Å²) < 4.78 is 0. The number of aromatic nitrogens is 5. The summed E-state index contributed by atoms with van der Waals surface area (Å²) in [6.45, 7) is 11.5. The number of pyridine rings is 1. The number of aryl methyl sites for hydroxylation is 1. The highest BCUT2D eigenvalue weighted by molar-refractivity contribution is 7.13. The maximum atomic E-state index is 14.3. The molecule has 3 aromatic heterocycles. The fourth-order valence-electron chi connectivity index (χ4n) is 7.45. The molecule has 5 heterocycles. The van der Waals surface area contributed by atoms with Crippen LogP contribution in [0.3, 0.4) is 0 Å². The van der Waals surface area contributed by atoms with Crippen molar-refractivity contribution in [3.63, 3.8) is 0 Å². The molecule has 0 aliphatic carbocycles.